The molecule has 0 aliphatic heterocycles. The van der Waals surface area contributed by atoms with Gasteiger partial charge in [0.1, 0.15) is 15.1 Å². The Morgan fingerprint density at radius 1 is 1.08 bits per heavy atom. The van der Waals surface area contributed by atoms with Gasteiger partial charge in [-0.15, -0.1) is 0 Å². The third-order valence-corrected chi connectivity index (χ3v) is 3.42. The normalized spacial score (nSPS) is 31.0. The predicted molar refractivity (Wildman–Crippen MR) is 66.0 cm³/mol. The van der Waals surface area contributed by atoms with E-state index in [4.69, 9.17) is 0 Å². The molecule has 0 radical (unpaired) electrons. The molecule has 1 rings (SSSR count). The van der Waals surface area contributed by atoms with Gasteiger partial charge in [-0.1, -0.05) is 69.8 Å². The van der Waals surface area contributed by atoms with Gasteiger partial charge in [0.2, 0.25) is 0 Å². The van der Waals surface area contributed by atoms with Crippen molar-refractivity contribution >= 4 is 15.1 Å². The van der Waals surface area contributed by atoms with E-state index in [0.717, 1.165) is 17.5 Å². The second-order valence-electron chi connectivity index (χ2n) is 5.46. The van der Waals surface area contributed by atoms with E-state index < -0.39 is 0 Å². The molecule has 0 amide bonds. The van der Waals surface area contributed by atoms with Crippen molar-refractivity contribution in [2.75, 3.05) is 0 Å². The Kier molecular flexibility index (Phi) is 4.98. The van der Waals surface area contributed by atoms with E-state index >= 15 is 0 Å². The van der Waals surface area contributed by atoms with Crippen molar-refractivity contribution in [1.82, 2.24) is 0 Å². The highest BCUT2D eigenvalue weighted by Gasteiger charge is 2.16. The maximum absolute atomic E-state index is 2.42. The fraction of sp³-hybridized carbons (Fsp3) is 1.00. The molecule has 0 aromatic carbocycles. The van der Waals surface area contributed by atoms with E-state index in [2.05, 4.69) is 21.7 Å². The maximum Gasteiger partial charge on any atom is 0.126 e. The first-order chi connectivity index (χ1) is 6.18. The van der Waals surface area contributed by atoms with E-state index in [1.54, 1.807) is 0 Å². The van der Waals surface area contributed by atoms with Crippen molar-refractivity contribution in [1.29, 1.82) is 0 Å². The van der Waals surface area contributed by atoms with Crippen LogP contribution in [0.15, 0.2) is 0 Å². The van der Waals surface area contributed by atoms with Crippen LogP contribution in [-0.2, 0) is 0 Å². The van der Waals surface area contributed by atoms with Crippen LogP contribution in [0.25, 0.3) is 0 Å². The smallest absolute Gasteiger partial charge is 0.0710 e. The Morgan fingerprint density at radius 2 is 1.62 bits per heavy atom. The molecule has 0 aromatic heterocycles. The molecule has 0 saturated heterocycles. The molecule has 0 heterocycles. The fourth-order valence-corrected chi connectivity index (χ4v) is 2.70. The highest BCUT2D eigenvalue weighted by Crippen LogP contribution is 2.31. The number of hydrogen-bond acceptors (Lipinski definition) is 0. The van der Waals surface area contributed by atoms with Gasteiger partial charge in [-0.25, -0.2) is 0 Å². The van der Waals surface area contributed by atoms with E-state index in [0.29, 0.717) is 0 Å². The standard InChI is InChI=1S/C11H24B2/c1-9(2)13-11-7-3-5-10(12)6-4-8-11/h9-11,13H,3-8,12H2,1-2H3. The van der Waals surface area contributed by atoms with E-state index in [1.807, 2.05) is 0 Å². The second kappa shape index (κ2) is 5.78. The van der Waals surface area contributed by atoms with Crippen LogP contribution >= 0.6 is 0 Å². The molecule has 1 saturated carbocycles. The van der Waals surface area contributed by atoms with Gasteiger partial charge in [-0.05, 0) is 0 Å². The minimum atomic E-state index is 0.904. The lowest BCUT2D eigenvalue weighted by molar-refractivity contribution is 0.499. The maximum atomic E-state index is 2.42. The summed E-state index contributed by atoms with van der Waals surface area (Å²) in [5, 5.41) is 0. The largest absolute Gasteiger partial charge is 0.126 e. The third-order valence-electron chi connectivity index (χ3n) is 3.42. The third kappa shape index (κ3) is 4.78. The van der Waals surface area contributed by atoms with E-state index in [1.165, 1.54) is 45.8 Å². The summed E-state index contributed by atoms with van der Waals surface area (Å²) >= 11 is 0. The van der Waals surface area contributed by atoms with Crippen LogP contribution in [0.2, 0.25) is 17.5 Å². The van der Waals surface area contributed by atoms with Crippen LogP contribution in [0.1, 0.15) is 52.4 Å². The molecule has 0 atom stereocenters. The first kappa shape index (κ1) is 11.2. The summed E-state index contributed by atoms with van der Waals surface area (Å²) < 4.78 is 0. The molecule has 0 spiro atoms. The number of rotatable bonds is 2. The van der Waals surface area contributed by atoms with Crippen LogP contribution in [0.5, 0.6) is 0 Å². The van der Waals surface area contributed by atoms with Crippen molar-refractivity contribution in [3.63, 3.8) is 0 Å². The Balaban J connectivity index is 2.24. The van der Waals surface area contributed by atoms with Crippen LogP contribution < -0.4 is 0 Å². The molecular weight excluding hydrogens is 154 g/mol. The average molecular weight is 178 g/mol. The number of hydrogen-bond donors (Lipinski definition) is 0. The molecular formula is C11H24B2. The molecule has 0 nitrogen and oxygen atoms in total. The van der Waals surface area contributed by atoms with Crippen molar-refractivity contribution in [2.24, 2.45) is 0 Å². The van der Waals surface area contributed by atoms with Crippen LogP contribution in [0, 0.1) is 0 Å². The topological polar surface area (TPSA) is 0 Å². The lowest BCUT2D eigenvalue weighted by Gasteiger charge is -2.23. The van der Waals surface area contributed by atoms with Gasteiger partial charge in [0.15, 0.2) is 0 Å². The summed E-state index contributed by atoms with van der Waals surface area (Å²) in [6, 6.07) is 0. The van der Waals surface area contributed by atoms with E-state index in [-0.39, 0.29) is 0 Å². The molecule has 1 aliphatic carbocycles. The van der Waals surface area contributed by atoms with Gasteiger partial charge in [0.25, 0.3) is 0 Å². The molecule has 2 heteroatoms. The van der Waals surface area contributed by atoms with Crippen molar-refractivity contribution in [2.45, 2.75) is 69.8 Å². The molecule has 13 heavy (non-hydrogen) atoms. The lowest BCUT2D eigenvalue weighted by atomic mass is 9.52. The van der Waals surface area contributed by atoms with Crippen LogP contribution in [0.4, 0.5) is 0 Å². The molecule has 0 N–H and O–H groups in total. The quantitative estimate of drug-likeness (QED) is 0.570. The Hall–Kier alpha value is 0.130. The Labute approximate surface area is 85.5 Å². The summed E-state index contributed by atoms with van der Waals surface area (Å²) in [7, 11) is 3.89. The van der Waals surface area contributed by atoms with Gasteiger partial charge >= 0.3 is 0 Å². The highest BCUT2D eigenvalue weighted by atomic mass is 14.1. The monoisotopic (exact) mass is 178 g/mol. The molecule has 0 bridgehead atoms. The summed E-state index contributed by atoms with van der Waals surface area (Å²) in [6.07, 6.45) is 8.94. The van der Waals surface area contributed by atoms with Gasteiger partial charge in [0, 0.05) is 0 Å². The summed E-state index contributed by atoms with van der Waals surface area (Å²) in [5.74, 6) is 2.95. The first-order valence-electron chi connectivity index (χ1n) is 6.18. The Bertz CT molecular complexity index is 124. The van der Waals surface area contributed by atoms with Crippen molar-refractivity contribution < 1.29 is 0 Å². The van der Waals surface area contributed by atoms with Crippen molar-refractivity contribution in [3.05, 3.63) is 0 Å². The summed E-state index contributed by atoms with van der Waals surface area (Å²) in [5.41, 5.74) is 0. The van der Waals surface area contributed by atoms with Gasteiger partial charge in [0.05, 0.1) is 0 Å². The minimum Gasteiger partial charge on any atom is -0.0710 e. The molecule has 0 aromatic rings. The zero-order valence-corrected chi connectivity index (χ0v) is 9.68. The first-order valence-corrected chi connectivity index (χ1v) is 6.18. The van der Waals surface area contributed by atoms with Gasteiger partial charge in [-0.2, -0.15) is 0 Å². The van der Waals surface area contributed by atoms with E-state index in [9.17, 15) is 0 Å². The zero-order chi connectivity index (χ0) is 9.68. The predicted octanol–water partition coefficient (Wildman–Crippen LogP) is 2.82. The van der Waals surface area contributed by atoms with Crippen LogP contribution in [0.3, 0.4) is 0 Å². The van der Waals surface area contributed by atoms with Crippen molar-refractivity contribution in [3.8, 4) is 0 Å². The second-order valence-corrected chi connectivity index (χ2v) is 5.46. The lowest BCUT2D eigenvalue weighted by Crippen LogP contribution is -2.10. The summed E-state index contributed by atoms with van der Waals surface area (Å²) in [4.78, 5) is 0. The molecule has 1 aliphatic rings. The van der Waals surface area contributed by atoms with Gasteiger partial charge in [-0.3, -0.25) is 0 Å². The molecule has 74 valence electrons. The molecule has 0 unspecified atom stereocenters. The zero-order valence-electron chi connectivity index (χ0n) is 9.68. The highest BCUT2D eigenvalue weighted by molar-refractivity contribution is 6.39. The average Bonchev–Trinajstić information content (AvgIpc) is 1.99. The Morgan fingerprint density at radius 3 is 2.08 bits per heavy atom. The fourth-order valence-electron chi connectivity index (χ4n) is 2.70. The SMILES string of the molecule is BC1CCCC(BC(C)C)CCC1. The molecule has 1 fully saturated rings. The van der Waals surface area contributed by atoms with Crippen LogP contribution in [-0.4, -0.2) is 15.1 Å². The van der Waals surface area contributed by atoms with Gasteiger partial charge < -0.3 is 0 Å². The minimum absolute atomic E-state index is 0.904. The summed E-state index contributed by atoms with van der Waals surface area (Å²) in [6.45, 7) is 4.72.